The largest absolute Gasteiger partial charge is 0.479 e. The Balaban J connectivity index is 2.83. The summed E-state index contributed by atoms with van der Waals surface area (Å²) in [7, 11) is 0. The van der Waals surface area contributed by atoms with Crippen LogP contribution >= 0.6 is 0 Å². The van der Waals surface area contributed by atoms with E-state index in [1.54, 1.807) is 19.1 Å². The van der Waals surface area contributed by atoms with Gasteiger partial charge < -0.3 is 15.2 Å². The summed E-state index contributed by atoms with van der Waals surface area (Å²) in [4.78, 5) is 23.6. The van der Waals surface area contributed by atoms with Crippen molar-refractivity contribution in [3.8, 4) is 0 Å². The smallest absolute Gasteiger partial charge is 0.330 e. The molecule has 0 saturated carbocycles. The third kappa shape index (κ3) is 4.84. The molecule has 0 heterocycles. The Morgan fingerprint density at radius 1 is 1.32 bits per heavy atom. The van der Waals surface area contributed by atoms with Crippen molar-refractivity contribution in [3.63, 3.8) is 0 Å². The van der Waals surface area contributed by atoms with Gasteiger partial charge in [0.25, 0.3) is 0 Å². The molecular weight excluding hydrogens is 282 g/mol. The zero-order valence-corrected chi connectivity index (χ0v) is 13.7. The number of nitrogens with one attached hydrogen (secondary N) is 1. The van der Waals surface area contributed by atoms with E-state index in [0.717, 1.165) is 24.0 Å². The van der Waals surface area contributed by atoms with Crippen LogP contribution in [0.4, 0.5) is 0 Å². The van der Waals surface area contributed by atoms with Crippen molar-refractivity contribution in [1.29, 1.82) is 0 Å². The summed E-state index contributed by atoms with van der Waals surface area (Å²) in [6.07, 6.45) is 1.18. The number of ether oxygens (including phenoxy) is 1. The molecule has 0 radical (unpaired) electrons. The van der Waals surface area contributed by atoms with Gasteiger partial charge in [-0.15, -0.1) is 0 Å². The molecule has 5 nitrogen and oxygen atoms in total. The summed E-state index contributed by atoms with van der Waals surface area (Å²) in [5.74, 6) is -1.49. The van der Waals surface area contributed by atoms with Gasteiger partial charge in [-0.05, 0) is 43.9 Å². The van der Waals surface area contributed by atoms with Gasteiger partial charge in [-0.1, -0.05) is 31.5 Å². The van der Waals surface area contributed by atoms with E-state index >= 15 is 0 Å². The number of amides is 1. The van der Waals surface area contributed by atoms with Crippen LogP contribution in [0.15, 0.2) is 18.2 Å². The normalized spacial score (nSPS) is 13.5. The lowest BCUT2D eigenvalue weighted by Crippen LogP contribution is -2.40. The van der Waals surface area contributed by atoms with Gasteiger partial charge in [0, 0.05) is 6.61 Å². The van der Waals surface area contributed by atoms with Gasteiger partial charge in [-0.25, -0.2) is 4.79 Å². The molecule has 2 N–H and O–H groups in total. The van der Waals surface area contributed by atoms with Crippen molar-refractivity contribution >= 4 is 11.9 Å². The summed E-state index contributed by atoms with van der Waals surface area (Å²) < 4.78 is 5.41. The summed E-state index contributed by atoms with van der Waals surface area (Å²) in [5, 5.41) is 12.0. The third-order valence-corrected chi connectivity index (χ3v) is 3.73. The number of carboxylic acids is 1. The summed E-state index contributed by atoms with van der Waals surface area (Å²) in [6, 6.07) is 4.37. The van der Waals surface area contributed by atoms with Crippen LogP contribution in [0.5, 0.6) is 0 Å². The Morgan fingerprint density at radius 3 is 2.59 bits per heavy atom. The highest BCUT2D eigenvalue weighted by Crippen LogP contribution is 2.21. The number of carbonyl (C=O) groups is 2. The maximum Gasteiger partial charge on any atom is 0.330 e. The SMILES string of the molecule is CCCCOC(C)C(=O)NC(C(=O)O)c1cccc(C)c1C. The summed E-state index contributed by atoms with van der Waals surface area (Å²) in [5.41, 5.74) is 2.46. The second kappa shape index (κ2) is 8.54. The quantitative estimate of drug-likeness (QED) is 0.724. The van der Waals surface area contributed by atoms with Crippen molar-refractivity contribution in [2.45, 2.75) is 52.7 Å². The number of rotatable bonds is 8. The van der Waals surface area contributed by atoms with Crippen LogP contribution in [-0.2, 0) is 14.3 Å². The van der Waals surface area contributed by atoms with E-state index in [2.05, 4.69) is 5.32 Å². The maximum absolute atomic E-state index is 12.1. The number of carbonyl (C=O) groups excluding carboxylic acids is 1. The lowest BCUT2D eigenvalue weighted by Gasteiger charge is -2.20. The topological polar surface area (TPSA) is 75.6 Å². The molecule has 1 aromatic rings. The Hall–Kier alpha value is -1.88. The highest BCUT2D eigenvalue weighted by atomic mass is 16.5. The van der Waals surface area contributed by atoms with Crippen LogP contribution in [-0.4, -0.2) is 29.7 Å². The Morgan fingerprint density at radius 2 is 2.00 bits per heavy atom. The minimum Gasteiger partial charge on any atom is -0.479 e. The molecule has 0 aliphatic carbocycles. The number of benzene rings is 1. The van der Waals surface area contributed by atoms with Gasteiger partial charge in [-0.2, -0.15) is 0 Å². The first-order chi connectivity index (χ1) is 10.4. The Bertz CT molecular complexity index is 527. The lowest BCUT2D eigenvalue weighted by atomic mass is 9.97. The standard InChI is InChI=1S/C17H25NO4/c1-5-6-10-22-13(4)16(19)18-15(17(20)21)14-9-7-8-11(2)12(14)3/h7-9,13,15H,5-6,10H2,1-4H3,(H,18,19)(H,20,21). The van der Waals surface area contributed by atoms with E-state index in [9.17, 15) is 14.7 Å². The number of aliphatic carboxylic acids is 1. The number of unbranched alkanes of at least 4 members (excludes halogenated alkanes) is 1. The second-order valence-electron chi connectivity index (χ2n) is 5.44. The van der Waals surface area contributed by atoms with Crippen LogP contribution in [0.2, 0.25) is 0 Å². The first kappa shape index (κ1) is 18.2. The molecule has 0 aromatic heterocycles. The molecule has 0 bridgehead atoms. The molecule has 1 rings (SSSR count). The first-order valence-electron chi connectivity index (χ1n) is 7.59. The molecule has 5 heteroatoms. The monoisotopic (exact) mass is 307 g/mol. The Kier molecular flexibility index (Phi) is 7.05. The lowest BCUT2D eigenvalue weighted by molar-refractivity contribution is -0.144. The molecule has 0 aliphatic heterocycles. The third-order valence-electron chi connectivity index (χ3n) is 3.73. The van der Waals surface area contributed by atoms with E-state index in [0.29, 0.717) is 12.2 Å². The van der Waals surface area contributed by atoms with Crippen LogP contribution in [0.25, 0.3) is 0 Å². The van der Waals surface area contributed by atoms with Crippen molar-refractivity contribution in [1.82, 2.24) is 5.32 Å². The van der Waals surface area contributed by atoms with Crippen LogP contribution in [0.1, 0.15) is 49.4 Å². The molecule has 1 amide bonds. The zero-order valence-electron chi connectivity index (χ0n) is 13.7. The number of carboxylic acid groups (broad SMARTS) is 1. The number of hydrogen-bond acceptors (Lipinski definition) is 3. The highest BCUT2D eigenvalue weighted by molar-refractivity contribution is 5.87. The van der Waals surface area contributed by atoms with Crippen LogP contribution in [0, 0.1) is 13.8 Å². The highest BCUT2D eigenvalue weighted by Gasteiger charge is 2.26. The fraction of sp³-hybridized carbons (Fsp3) is 0.529. The minimum absolute atomic E-state index is 0.413. The molecule has 22 heavy (non-hydrogen) atoms. The second-order valence-corrected chi connectivity index (χ2v) is 5.44. The first-order valence-corrected chi connectivity index (χ1v) is 7.59. The summed E-state index contributed by atoms with van der Waals surface area (Å²) >= 11 is 0. The molecule has 0 spiro atoms. The average molecular weight is 307 g/mol. The Labute approximate surface area is 131 Å². The number of aryl methyl sites for hydroxylation is 1. The van der Waals surface area contributed by atoms with E-state index in [-0.39, 0.29) is 0 Å². The average Bonchev–Trinajstić information content (AvgIpc) is 2.47. The zero-order chi connectivity index (χ0) is 16.7. The van der Waals surface area contributed by atoms with E-state index in [4.69, 9.17) is 4.74 Å². The molecule has 2 atom stereocenters. The minimum atomic E-state index is -1.08. The van der Waals surface area contributed by atoms with Crippen LogP contribution < -0.4 is 5.32 Å². The van der Waals surface area contributed by atoms with E-state index < -0.39 is 24.0 Å². The van der Waals surface area contributed by atoms with Crippen molar-refractivity contribution in [2.75, 3.05) is 6.61 Å². The fourth-order valence-corrected chi connectivity index (χ4v) is 2.10. The molecule has 0 aliphatic rings. The van der Waals surface area contributed by atoms with Gasteiger partial charge in [0.1, 0.15) is 6.10 Å². The molecule has 122 valence electrons. The van der Waals surface area contributed by atoms with Gasteiger partial charge in [0.15, 0.2) is 6.04 Å². The van der Waals surface area contributed by atoms with Gasteiger partial charge in [0.05, 0.1) is 0 Å². The molecule has 0 fully saturated rings. The molecule has 2 unspecified atom stereocenters. The van der Waals surface area contributed by atoms with Gasteiger partial charge in [-0.3, -0.25) is 4.79 Å². The maximum atomic E-state index is 12.1. The fourth-order valence-electron chi connectivity index (χ4n) is 2.10. The van der Waals surface area contributed by atoms with Gasteiger partial charge >= 0.3 is 5.97 Å². The van der Waals surface area contributed by atoms with E-state index in [1.807, 2.05) is 26.8 Å². The predicted molar refractivity (Wildman–Crippen MR) is 84.8 cm³/mol. The molecule has 1 aromatic carbocycles. The molecular formula is C17H25NO4. The molecule has 0 saturated heterocycles. The summed E-state index contributed by atoms with van der Waals surface area (Å²) in [6.45, 7) is 7.93. The van der Waals surface area contributed by atoms with Crippen molar-refractivity contribution in [3.05, 3.63) is 34.9 Å². The van der Waals surface area contributed by atoms with Crippen molar-refractivity contribution < 1.29 is 19.4 Å². The van der Waals surface area contributed by atoms with Gasteiger partial charge in [0.2, 0.25) is 5.91 Å². The predicted octanol–water partition coefficient (Wildman–Crippen LogP) is 2.75. The van der Waals surface area contributed by atoms with Crippen LogP contribution in [0.3, 0.4) is 0 Å². The van der Waals surface area contributed by atoms with Crippen molar-refractivity contribution in [2.24, 2.45) is 0 Å². The van der Waals surface area contributed by atoms with E-state index in [1.165, 1.54) is 0 Å². The number of hydrogen-bond donors (Lipinski definition) is 2.